The van der Waals surface area contributed by atoms with Gasteiger partial charge < -0.3 is 4.74 Å². The van der Waals surface area contributed by atoms with E-state index in [1.807, 2.05) is 18.2 Å². The maximum absolute atomic E-state index is 11.8. The van der Waals surface area contributed by atoms with Crippen LogP contribution in [0.2, 0.25) is 5.02 Å². The second-order valence-corrected chi connectivity index (χ2v) is 4.98. The van der Waals surface area contributed by atoms with Gasteiger partial charge in [-0.3, -0.25) is 4.98 Å². The molecule has 1 aromatic carbocycles. The second kappa shape index (κ2) is 6.37. The van der Waals surface area contributed by atoms with Gasteiger partial charge in [-0.25, -0.2) is 9.79 Å². The molecule has 0 saturated carbocycles. The summed E-state index contributed by atoms with van der Waals surface area (Å²) in [6.07, 6.45) is 8.40. The number of nitrogens with zero attached hydrogens (tertiary/aromatic N) is 2. The van der Waals surface area contributed by atoms with Crippen molar-refractivity contribution >= 4 is 35.6 Å². The molecule has 22 heavy (non-hydrogen) atoms. The summed E-state index contributed by atoms with van der Waals surface area (Å²) in [5.41, 5.74) is 1.98. The van der Waals surface area contributed by atoms with Gasteiger partial charge >= 0.3 is 5.97 Å². The summed E-state index contributed by atoms with van der Waals surface area (Å²) in [4.78, 5) is 19.9. The van der Waals surface area contributed by atoms with E-state index in [0.29, 0.717) is 5.02 Å². The van der Waals surface area contributed by atoms with Gasteiger partial charge in [0.15, 0.2) is 5.70 Å². The lowest BCUT2D eigenvalue weighted by Gasteiger charge is -1.94. The van der Waals surface area contributed by atoms with Gasteiger partial charge in [0.1, 0.15) is 0 Å². The first-order valence-corrected chi connectivity index (χ1v) is 6.95. The summed E-state index contributed by atoms with van der Waals surface area (Å²) in [7, 11) is 0. The molecule has 0 N–H and O–H groups in total. The van der Waals surface area contributed by atoms with Crippen LogP contribution in [0, 0.1) is 0 Å². The highest BCUT2D eigenvalue weighted by Crippen LogP contribution is 2.16. The molecule has 0 radical (unpaired) electrons. The number of benzene rings is 1. The average molecular weight is 311 g/mol. The van der Waals surface area contributed by atoms with Crippen molar-refractivity contribution in [3.8, 4) is 0 Å². The standard InChI is InChI=1S/C17H11ClN2O2/c18-14-6-3-12(4-7-14)5-8-16-20-15(17(21)22-16)10-13-2-1-9-19-11-13/h1-11H/b8-5+,15-10-. The Hall–Kier alpha value is -2.72. The Labute approximate surface area is 132 Å². The van der Waals surface area contributed by atoms with Crippen molar-refractivity contribution < 1.29 is 9.53 Å². The molecule has 108 valence electrons. The summed E-state index contributed by atoms with van der Waals surface area (Å²) in [5, 5.41) is 0.670. The van der Waals surface area contributed by atoms with Crippen LogP contribution >= 0.6 is 11.6 Å². The first-order valence-electron chi connectivity index (χ1n) is 6.57. The van der Waals surface area contributed by atoms with Gasteiger partial charge in [-0.2, -0.15) is 0 Å². The van der Waals surface area contributed by atoms with Crippen LogP contribution in [-0.2, 0) is 9.53 Å². The molecule has 0 unspecified atom stereocenters. The normalized spacial score (nSPS) is 16.1. The molecule has 1 aliphatic heterocycles. The third-order valence-corrected chi connectivity index (χ3v) is 3.17. The Morgan fingerprint density at radius 2 is 1.86 bits per heavy atom. The molecule has 0 fully saturated rings. The van der Waals surface area contributed by atoms with Crippen LogP contribution < -0.4 is 0 Å². The van der Waals surface area contributed by atoms with Crippen LogP contribution in [0.15, 0.2) is 65.6 Å². The third-order valence-electron chi connectivity index (χ3n) is 2.91. The van der Waals surface area contributed by atoms with Gasteiger partial charge in [-0.05, 0) is 41.5 Å². The number of esters is 1. The van der Waals surface area contributed by atoms with E-state index in [1.54, 1.807) is 48.8 Å². The lowest BCUT2D eigenvalue weighted by Crippen LogP contribution is -2.01. The minimum atomic E-state index is -0.473. The molecule has 2 aromatic rings. The van der Waals surface area contributed by atoms with Crippen LogP contribution in [0.5, 0.6) is 0 Å². The maximum atomic E-state index is 11.8. The minimum absolute atomic E-state index is 0.253. The van der Waals surface area contributed by atoms with E-state index in [0.717, 1.165) is 11.1 Å². The van der Waals surface area contributed by atoms with Crippen molar-refractivity contribution in [3.63, 3.8) is 0 Å². The summed E-state index contributed by atoms with van der Waals surface area (Å²) in [6.45, 7) is 0. The highest BCUT2D eigenvalue weighted by molar-refractivity contribution is 6.30. The number of rotatable bonds is 3. The lowest BCUT2D eigenvalue weighted by molar-refractivity contribution is -0.129. The van der Waals surface area contributed by atoms with Crippen molar-refractivity contribution in [3.05, 3.63) is 76.7 Å². The zero-order valence-electron chi connectivity index (χ0n) is 11.4. The second-order valence-electron chi connectivity index (χ2n) is 4.54. The number of cyclic esters (lactones) is 1. The Morgan fingerprint density at radius 1 is 1.05 bits per heavy atom. The van der Waals surface area contributed by atoms with Crippen LogP contribution in [-0.4, -0.2) is 16.9 Å². The summed E-state index contributed by atoms with van der Waals surface area (Å²) in [5.74, 6) is -0.213. The Kier molecular flexibility index (Phi) is 4.12. The molecule has 2 heterocycles. The predicted octanol–water partition coefficient (Wildman–Crippen LogP) is 3.74. The van der Waals surface area contributed by atoms with Crippen molar-refractivity contribution in [1.82, 2.24) is 4.98 Å². The molecule has 0 atom stereocenters. The molecule has 0 bridgehead atoms. The zero-order valence-corrected chi connectivity index (χ0v) is 12.2. The van der Waals surface area contributed by atoms with Gasteiger partial charge in [0.2, 0.25) is 5.90 Å². The average Bonchev–Trinajstić information content (AvgIpc) is 2.88. The molecule has 1 aromatic heterocycles. The van der Waals surface area contributed by atoms with E-state index in [4.69, 9.17) is 16.3 Å². The van der Waals surface area contributed by atoms with Crippen molar-refractivity contribution in [2.75, 3.05) is 0 Å². The molecule has 0 aliphatic carbocycles. The van der Waals surface area contributed by atoms with Gasteiger partial charge in [-0.1, -0.05) is 29.8 Å². The number of pyridine rings is 1. The Bertz CT molecular complexity index is 778. The van der Waals surface area contributed by atoms with Crippen molar-refractivity contribution in [2.45, 2.75) is 0 Å². The number of halogens is 1. The summed E-state index contributed by atoms with van der Waals surface area (Å²) >= 11 is 5.82. The first-order chi connectivity index (χ1) is 10.7. The van der Waals surface area contributed by atoms with Gasteiger partial charge in [0.25, 0.3) is 0 Å². The number of aromatic nitrogens is 1. The van der Waals surface area contributed by atoms with E-state index >= 15 is 0 Å². The monoisotopic (exact) mass is 310 g/mol. The quantitative estimate of drug-likeness (QED) is 0.641. The molecular formula is C17H11ClN2O2. The van der Waals surface area contributed by atoms with Crippen LogP contribution in [0.4, 0.5) is 0 Å². The van der Waals surface area contributed by atoms with E-state index < -0.39 is 5.97 Å². The maximum Gasteiger partial charge on any atom is 0.363 e. The molecule has 3 rings (SSSR count). The van der Waals surface area contributed by atoms with Gasteiger partial charge in [0, 0.05) is 23.5 Å². The SMILES string of the molecule is O=C1OC(/C=C/c2ccc(Cl)cc2)=NC/1=C\c1cccnc1. The van der Waals surface area contributed by atoms with Crippen molar-refractivity contribution in [2.24, 2.45) is 4.99 Å². The third kappa shape index (κ3) is 3.48. The lowest BCUT2D eigenvalue weighted by atomic mass is 10.2. The molecule has 0 spiro atoms. The van der Waals surface area contributed by atoms with E-state index in [9.17, 15) is 4.79 Å². The molecular weight excluding hydrogens is 300 g/mol. The Morgan fingerprint density at radius 3 is 2.59 bits per heavy atom. The van der Waals surface area contributed by atoms with E-state index in [1.165, 1.54) is 0 Å². The highest BCUT2D eigenvalue weighted by Gasteiger charge is 2.20. The Balaban J connectivity index is 1.78. The summed E-state index contributed by atoms with van der Waals surface area (Å²) in [6, 6.07) is 10.9. The van der Waals surface area contributed by atoms with Gasteiger partial charge in [-0.15, -0.1) is 0 Å². The van der Waals surface area contributed by atoms with E-state index in [-0.39, 0.29) is 11.6 Å². The number of hydrogen-bond acceptors (Lipinski definition) is 4. The molecule has 0 saturated heterocycles. The summed E-state index contributed by atoms with van der Waals surface area (Å²) < 4.78 is 5.10. The van der Waals surface area contributed by atoms with Crippen LogP contribution in [0.3, 0.4) is 0 Å². The topological polar surface area (TPSA) is 51.5 Å². The number of carbonyl (C=O) groups is 1. The number of ether oxygens (including phenoxy) is 1. The fourth-order valence-corrected chi connectivity index (χ4v) is 1.98. The zero-order chi connectivity index (χ0) is 15.4. The van der Waals surface area contributed by atoms with E-state index in [2.05, 4.69) is 9.98 Å². The minimum Gasteiger partial charge on any atom is -0.403 e. The molecule has 1 aliphatic rings. The molecule has 5 heteroatoms. The number of carbonyl (C=O) groups excluding carboxylic acids is 1. The predicted molar refractivity (Wildman–Crippen MR) is 86.2 cm³/mol. The van der Waals surface area contributed by atoms with Crippen LogP contribution in [0.1, 0.15) is 11.1 Å². The van der Waals surface area contributed by atoms with Gasteiger partial charge in [0.05, 0.1) is 0 Å². The fourth-order valence-electron chi connectivity index (χ4n) is 1.86. The van der Waals surface area contributed by atoms with Crippen molar-refractivity contribution in [1.29, 1.82) is 0 Å². The largest absolute Gasteiger partial charge is 0.403 e. The fraction of sp³-hybridized carbons (Fsp3) is 0. The highest BCUT2D eigenvalue weighted by atomic mass is 35.5. The molecule has 0 amide bonds. The van der Waals surface area contributed by atoms with Crippen LogP contribution in [0.25, 0.3) is 12.2 Å². The molecule has 4 nitrogen and oxygen atoms in total. The number of aliphatic imine (C=N–C) groups is 1. The first kappa shape index (κ1) is 14.2. The smallest absolute Gasteiger partial charge is 0.363 e. The number of hydrogen-bond donors (Lipinski definition) is 0.